The highest BCUT2D eigenvalue weighted by molar-refractivity contribution is 7.89. The average Bonchev–Trinajstić information content (AvgIpc) is 2.84. The molecular formula is C14H13FN2O3S. The van der Waals surface area contributed by atoms with E-state index in [1.54, 1.807) is 24.3 Å². The summed E-state index contributed by atoms with van der Waals surface area (Å²) in [6.07, 6.45) is 0. The minimum Gasteiger partial charge on any atom is -0.491 e. The van der Waals surface area contributed by atoms with Crippen LogP contribution in [0, 0.1) is 5.82 Å². The molecule has 0 aliphatic carbocycles. The van der Waals surface area contributed by atoms with Gasteiger partial charge in [0.05, 0.1) is 11.7 Å². The second-order valence-corrected chi connectivity index (χ2v) is 6.36. The van der Waals surface area contributed by atoms with Gasteiger partial charge in [0.1, 0.15) is 23.1 Å². The molecule has 0 radical (unpaired) electrons. The van der Waals surface area contributed by atoms with Crippen LogP contribution in [-0.2, 0) is 10.0 Å². The topological polar surface area (TPSA) is 81.4 Å². The van der Waals surface area contributed by atoms with Gasteiger partial charge in [-0.1, -0.05) is 24.3 Å². The van der Waals surface area contributed by atoms with Gasteiger partial charge in [0.25, 0.3) is 0 Å². The van der Waals surface area contributed by atoms with Gasteiger partial charge in [-0.25, -0.2) is 12.8 Å². The van der Waals surface area contributed by atoms with Crippen molar-refractivity contribution in [3.05, 3.63) is 53.8 Å². The number of benzene rings is 2. The molecule has 0 bridgehead atoms. The molecule has 0 spiro atoms. The van der Waals surface area contributed by atoms with Gasteiger partial charge in [0.15, 0.2) is 0 Å². The second kappa shape index (κ2) is 5.01. The molecule has 3 N–H and O–H groups in total. The molecule has 3 rings (SSSR count). The predicted molar refractivity (Wildman–Crippen MR) is 75.8 cm³/mol. The standard InChI is InChI=1S/C14H13FN2O3S/c15-10-5-3-7-13(14(10)16)21(18,19)17-11-8-20-12-6-2-1-4-9(11)12/h1-7,11,17H,8,16H2. The third-order valence-corrected chi connectivity index (χ3v) is 4.83. The summed E-state index contributed by atoms with van der Waals surface area (Å²) in [6, 6.07) is 10.3. The highest BCUT2D eigenvalue weighted by atomic mass is 32.2. The molecule has 0 amide bonds. The van der Waals surface area contributed by atoms with Gasteiger partial charge in [-0.3, -0.25) is 0 Å². The first-order chi connectivity index (χ1) is 9.99. The van der Waals surface area contributed by atoms with Gasteiger partial charge in [-0.05, 0) is 18.2 Å². The number of para-hydroxylation sites is 2. The lowest BCUT2D eigenvalue weighted by molar-refractivity contribution is 0.325. The maximum absolute atomic E-state index is 13.4. The van der Waals surface area contributed by atoms with Crippen molar-refractivity contribution in [3.63, 3.8) is 0 Å². The van der Waals surface area contributed by atoms with Crippen LogP contribution in [0.5, 0.6) is 5.75 Å². The Labute approximate surface area is 121 Å². The number of nitrogens with two attached hydrogens (primary N) is 1. The van der Waals surface area contributed by atoms with Crippen molar-refractivity contribution in [2.24, 2.45) is 0 Å². The maximum atomic E-state index is 13.4. The van der Waals surface area contributed by atoms with Crippen LogP contribution in [-0.4, -0.2) is 15.0 Å². The summed E-state index contributed by atoms with van der Waals surface area (Å²) in [6.45, 7) is 0.188. The molecule has 0 saturated carbocycles. The molecule has 1 aliphatic heterocycles. The van der Waals surface area contributed by atoms with E-state index in [1.807, 2.05) is 0 Å². The Kier molecular flexibility index (Phi) is 3.30. The van der Waals surface area contributed by atoms with E-state index in [9.17, 15) is 12.8 Å². The average molecular weight is 308 g/mol. The molecule has 0 fully saturated rings. The highest BCUT2D eigenvalue weighted by Crippen LogP contribution is 2.33. The van der Waals surface area contributed by atoms with Crippen LogP contribution < -0.4 is 15.2 Å². The van der Waals surface area contributed by atoms with Gasteiger partial charge in [-0.2, -0.15) is 4.72 Å². The monoisotopic (exact) mass is 308 g/mol. The normalized spacial score (nSPS) is 17.3. The number of hydrogen-bond acceptors (Lipinski definition) is 4. The largest absolute Gasteiger partial charge is 0.491 e. The van der Waals surface area contributed by atoms with Crippen molar-refractivity contribution in [2.75, 3.05) is 12.3 Å². The second-order valence-electron chi connectivity index (χ2n) is 4.67. The van der Waals surface area contributed by atoms with E-state index >= 15 is 0 Å². The van der Waals surface area contributed by atoms with Crippen LogP contribution >= 0.6 is 0 Å². The van der Waals surface area contributed by atoms with Crippen molar-refractivity contribution >= 4 is 15.7 Å². The Bertz CT molecular complexity index is 793. The molecule has 7 heteroatoms. The number of sulfonamides is 1. The number of hydrogen-bond donors (Lipinski definition) is 2. The number of rotatable bonds is 3. The van der Waals surface area contributed by atoms with Gasteiger partial charge in [-0.15, -0.1) is 0 Å². The zero-order valence-electron chi connectivity index (χ0n) is 10.9. The van der Waals surface area contributed by atoms with E-state index in [-0.39, 0.29) is 11.5 Å². The molecule has 5 nitrogen and oxygen atoms in total. The predicted octanol–water partition coefficient (Wildman–Crippen LogP) is 1.82. The molecule has 2 aromatic carbocycles. The summed E-state index contributed by atoms with van der Waals surface area (Å²) in [5.41, 5.74) is 5.87. The van der Waals surface area contributed by atoms with E-state index in [0.29, 0.717) is 5.75 Å². The number of halogens is 1. The summed E-state index contributed by atoms with van der Waals surface area (Å²) in [5.74, 6) is -0.127. The fourth-order valence-electron chi connectivity index (χ4n) is 2.26. The fraction of sp³-hybridized carbons (Fsp3) is 0.143. The Morgan fingerprint density at radius 2 is 1.95 bits per heavy atom. The number of ether oxygens (including phenoxy) is 1. The number of fused-ring (bicyclic) bond motifs is 1. The molecule has 1 unspecified atom stereocenters. The highest BCUT2D eigenvalue weighted by Gasteiger charge is 2.29. The van der Waals surface area contributed by atoms with E-state index in [4.69, 9.17) is 10.5 Å². The Hall–Kier alpha value is -2.12. The first-order valence-corrected chi connectivity index (χ1v) is 7.75. The number of nitrogen functional groups attached to an aromatic ring is 1. The van der Waals surface area contributed by atoms with Crippen LogP contribution in [0.25, 0.3) is 0 Å². The fourth-order valence-corrected chi connectivity index (χ4v) is 3.60. The summed E-state index contributed by atoms with van der Waals surface area (Å²) in [7, 11) is -3.93. The quantitative estimate of drug-likeness (QED) is 0.848. The minimum absolute atomic E-state index is 0.188. The van der Waals surface area contributed by atoms with Crippen LogP contribution in [0.2, 0.25) is 0 Å². The third-order valence-electron chi connectivity index (χ3n) is 3.30. The molecule has 0 aromatic heterocycles. The van der Waals surface area contributed by atoms with Crippen LogP contribution in [0.4, 0.5) is 10.1 Å². The molecule has 1 aliphatic rings. The van der Waals surface area contributed by atoms with Gasteiger partial charge < -0.3 is 10.5 Å². The van der Waals surface area contributed by atoms with Crippen LogP contribution in [0.15, 0.2) is 47.4 Å². The Morgan fingerprint density at radius 3 is 2.76 bits per heavy atom. The van der Waals surface area contributed by atoms with E-state index in [0.717, 1.165) is 11.6 Å². The smallest absolute Gasteiger partial charge is 0.243 e. The molecule has 1 heterocycles. The molecular weight excluding hydrogens is 295 g/mol. The lowest BCUT2D eigenvalue weighted by atomic mass is 10.1. The lowest BCUT2D eigenvalue weighted by Crippen LogP contribution is -2.30. The summed E-state index contributed by atoms with van der Waals surface area (Å²) in [5, 5.41) is 0. The summed E-state index contributed by atoms with van der Waals surface area (Å²) >= 11 is 0. The number of nitrogens with one attached hydrogen (secondary N) is 1. The lowest BCUT2D eigenvalue weighted by Gasteiger charge is -2.14. The molecule has 0 saturated heterocycles. The van der Waals surface area contributed by atoms with E-state index in [2.05, 4.69) is 4.72 Å². The molecule has 110 valence electrons. The van der Waals surface area contributed by atoms with Gasteiger partial charge in [0, 0.05) is 5.56 Å². The Balaban J connectivity index is 1.93. The van der Waals surface area contributed by atoms with Gasteiger partial charge in [0.2, 0.25) is 10.0 Å². The number of anilines is 1. The van der Waals surface area contributed by atoms with E-state index < -0.39 is 27.6 Å². The first-order valence-electron chi connectivity index (χ1n) is 6.27. The SMILES string of the molecule is Nc1c(F)cccc1S(=O)(=O)NC1COc2ccccc21. The summed E-state index contributed by atoms with van der Waals surface area (Å²) < 4.78 is 46.0. The van der Waals surface area contributed by atoms with Crippen LogP contribution in [0.1, 0.15) is 11.6 Å². The van der Waals surface area contributed by atoms with Crippen molar-refractivity contribution in [1.29, 1.82) is 0 Å². The van der Waals surface area contributed by atoms with E-state index in [1.165, 1.54) is 12.1 Å². The molecule has 2 aromatic rings. The zero-order chi connectivity index (χ0) is 15.0. The van der Waals surface area contributed by atoms with Crippen LogP contribution in [0.3, 0.4) is 0 Å². The Morgan fingerprint density at radius 1 is 1.19 bits per heavy atom. The zero-order valence-corrected chi connectivity index (χ0v) is 11.7. The van der Waals surface area contributed by atoms with Crippen molar-refractivity contribution in [2.45, 2.75) is 10.9 Å². The minimum atomic E-state index is -3.93. The van der Waals surface area contributed by atoms with Crippen molar-refractivity contribution < 1.29 is 17.5 Å². The van der Waals surface area contributed by atoms with Gasteiger partial charge >= 0.3 is 0 Å². The van der Waals surface area contributed by atoms with Crippen molar-refractivity contribution in [1.82, 2.24) is 4.72 Å². The van der Waals surface area contributed by atoms with Crippen molar-refractivity contribution in [3.8, 4) is 5.75 Å². The third kappa shape index (κ3) is 2.45. The summed E-state index contributed by atoms with van der Waals surface area (Å²) in [4.78, 5) is -0.271. The maximum Gasteiger partial charge on any atom is 0.243 e. The molecule has 21 heavy (non-hydrogen) atoms. The first kappa shape index (κ1) is 13.8. The molecule has 1 atom stereocenters.